The van der Waals surface area contributed by atoms with Crippen molar-refractivity contribution in [3.05, 3.63) is 58.7 Å². The largest absolute Gasteiger partial charge is 0.478 e. The fourth-order valence-corrected chi connectivity index (χ4v) is 4.70. The first kappa shape index (κ1) is 22.1. The summed E-state index contributed by atoms with van der Waals surface area (Å²) in [7, 11) is 1.89. The number of nitrogens with zero attached hydrogens (tertiary/aromatic N) is 1. The third-order valence-electron chi connectivity index (χ3n) is 4.95. The zero-order valence-corrected chi connectivity index (χ0v) is 18.0. The highest BCUT2D eigenvalue weighted by atomic mass is 32.1. The van der Waals surface area contributed by atoms with Gasteiger partial charge in [0.05, 0.1) is 12.2 Å². The van der Waals surface area contributed by atoms with E-state index in [1.54, 1.807) is 19.1 Å². The molecule has 2 heterocycles. The van der Waals surface area contributed by atoms with Crippen molar-refractivity contribution in [3.63, 3.8) is 0 Å². The fourth-order valence-electron chi connectivity index (χ4n) is 3.48. The highest BCUT2D eigenvalue weighted by molar-refractivity contribution is 7.23. The fraction of sp³-hybridized carbons (Fsp3) is 0.273. The van der Waals surface area contributed by atoms with Crippen LogP contribution in [0.15, 0.2) is 36.4 Å². The lowest BCUT2D eigenvalue weighted by molar-refractivity contribution is -0.137. The van der Waals surface area contributed by atoms with Crippen LogP contribution in [0, 0.1) is 0 Å². The molecule has 0 fully saturated rings. The van der Waals surface area contributed by atoms with E-state index in [1.807, 2.05) is 11.9 Å². The number of rotatable bonds is 4. The molecule has 1 amide bonds. The molecule has 2 aromatic carbocycles. The van der Waals surface area contributed by atoms with Gasteiger partial charge in [0.15, 0.2) is 0 Å². The number of carbonyl (C=O) groups is 2. The van der Waals surface area contributed by atoms with E-state index in [-0.39, 0.29) is 22.7 Å². The predicted octanol–water partition coefficient (Wildman–Crippen LogP) is 5.13. The minimum Gasteiger partial charge on any atom is -0.478 e. The van der Waals surface area contributed by atoms with E-state index < -0.39 is 23.6 Å². The SMILES string of the molecule is CCOC(=O)c1c(NC(=O)c2cccc(C(F)(F)F)c2)sc2c3c(ccc12)OCN(C)C3. The Hall–Kier alpha value is -3.11. The first-order chi connectivity index (χ1) is 15.2. The van der Waals surface area contributed by atoms with Crippen LogP contribution in [-0.2, 0) is 17.5 Å². The number of carbonyl (C=O) groups excluding carboxylic acids is 2. The van der Waals surface area contributed by atoms with Crippen LogP contribution in [-0.4, -0.2) is 37.2 Å². The number of esters is 1. The van der Waals surface area contributed by atoms with Crippen molar-refractivity contribution < 1.29 is 32.2 Å². The summed E-state index contributed by atoms with van der Waals surface area (Å²) in [5.74, 6) is -0.693. The van der Waals surface area contributed by atoms with Crippen molar-refractivity contribution in [1.29, 1.82) is 0 Å². The molecule has 0 aliphatic carbocycles. The van der Waals surface area contributed by atoms with Gasteiger partial charge in [-0.25, -0.2) is 4.79 Å². The topological polar surface area (TPSA) is 67.9 Å². The number of alkyl halides is 3. The summed E-state index contributed by atoms with van der Waals surface area (Å²) in [5, 5.41) is 3.41. The molecule has 0 saturated carbocycles. The number of hydrogen-bond donors (Lipinski definition) is 1. The normalized spacial score (nSPS) is 14.0. The molecule has 4 rings (SSSR count). The van der Waals surface area contributed by atoms with Gasteiger partial charge in [0.1, 0.15) is 23.0 Å². The maximum absolute atomic E-state index is 13.0. The minimum absolute atomic E-state index is 0.133. The Morgan fingerprint density at radius 2 is 2.03 bits per heavy atom. The van der Waals surface area contributed by atoms with Gasteiger partial charge in [0.25, 0.3) is 5.91 Å². The highest BCUT2D eigenvalue weighted by Crippen LogP contribution is 2.43. The van der Waals surface area contributed by atoms with Crippen molar-refractivity contribution in [2.24, 2.45) is 0 Å². The Morgan fingerprint density at radius 3 is 2.75 bits per heavy atom. The lowest BCUT2D eigenvalue weighted by Gasteiger charge is -2.25. The van der Waals surface area contributed by atoms with Gasteiger partial charge in [-0.2, -0.15) is 13.2 Å². The van der Waals surface area contributed by atoms with Crippen molar-refractivity contribution in [2.45, 2.75) is 19.6 Å². The summed E-state index contributed by atoms with van der Waals surface area (Å²) < 4.78 is 50.8. The molecule has 0 unspecified atom stereocenters. The molecule has 6 nitrogen and oxygen atoms in total. The minimum atomic E-state index is -4.57. The first-order valence-corrected chi connectivity index (χ1v) is 10.6. The maximum Gasteiger partial charge on any atom is 0.416 e. The van der Waals surface area contributed by atoms with Crippen molar-refractivity contribution in [3.8, 4) is 5.75 Å². The average molecular weight is 464 g/mol. The number of nitrogens with one attached hydrogen (secondary N) is 1. The molecule has 0 spiro atoms. The zero-order valence-electron chi connectivity index (χ0n) is 17.2. The second kappa shape index (κ2) is 8.44. The molecule has 0 atom stereocenters. The summed E-state index contributed by atoms with van der Waals surface area (Å²) in [4.78, 5) is 27.5. The lowest BCUT2D eigenvalue weighted by atomic mass is 10.1. The number of hydrogen-bond acceptors (Lipinski definition) is 6. The molecule has 168 valence electrons. The van der Waals surface area contributed by atoms with E-state index >= 15 is 0 Å². The number of amides is 1. The molecule has 0 radical (unpaired) electrons. The van der Waals surface area contributed by atoms with Gasteiger partial charge in [-0.3, -0.25) is 9.69 Å². The van der Waals surface area contributed by atoms with Crippen LogP contribution in [0.4, 0.5) is 18.2 Å². The number of fused-ring (bicyclic) bond motifs is 3. The Labute approximate surface area is 185 Å². The monoisotopic (exact) mass is 464 g/mol. The molecule has 32 heavy (non-hydrogen) atoms. The molecule has 0 saturated heterocycles. The van der Waals surface area contributed by atoms with Gasteiger partial charge < -0.3 is 14.8 Å². The summed E-state index contributed by atoms with van der Waals surface area (Å²) in [6, 6.07) is 7.60. The molecule has 1 aromatic heterocycles. The van der Waals surface area contributed by atoms with E-state index in [9.17, 15) is 22.8 Å². The summed E-state index contributed by atoms with van der Waals surface area (Å²) in [5.41, 5.74) is -0.0619. The van der Waals surface area contributed by atoms with Gasteiger partial charge in [0, 0.05) is 27.8 Å². The standard InChI is InChI=1S/C22H19F3N2O4S/c1-3-30-21(29)17-14-7-8-16-15(10-27(2)11-31-16)18(14)32-20(17)26-19(28)12-5-4-6-13(9-12)22(23,24)25/h4-9H,3,10-11H2,1-2H3,(H,26,28). The average Bonchev–Trinajstić information content (AvgIpc) is 3.12. The van der Waals surface area contributed by atoms with E-state index in [0.29, 0.717) is 24.4 Å². The lowest BCUT2D eigenvalue weighted by Crippen LogP contribution is -2.28. The number of halogens is 3. The van der Waals surface area contributed by atoms with Crippen molar-refractivity contribution in [2.75, 3.05) is 25.7 Å². The number of thiophene rings is 1. The smallest absolute Gasteiger partial charge is 0.416 e. The van der Waals surface area contributed by atoms with Crippen LogP contribution in [0.25, 0.3) is 10.1 Å². The van der Waals surface area contributed by atoms with Crippen molar-refractivity contribution >= 4 is 38.3 Å². The van der Waals surface area contributed by atoms with Crippen LogP contribution in [0.1, 0.15) is 38.8 Å². The van der Waals surface area contributed by atoms with Gasteiger partial charge >= 0.3 is 12.1 Å². The van der Waals surface area contributed by atoms with Crippen LogP contribution in [0.2, 0.25) is 0 Å². The van der Waals surface area contributed by atoms with E-state index in [0.717, 1.165) is 22.4 Å². The quantitative estimate of drug-likeness (QED) is 0.542. The van der Waals surface area contributed by atoms with Gasteiger partial charge in [-0.15, -0.1) is 11.3 Å². The maximum atomic E-state index is 13.0. The first-order valence-electron chi connectivity index (χ1n) is 9.74. The van der Waals surface area contributed by atoms with Crippen LogP contribution in [0.5, 0.6) is 5.75 Å². The van der Waals surface area contributed by atoms with E-state index in [2.05, 4.69) is 5.32 Å². The molecular formula is C22H19F3N2O4S. The Kier molecular flexibility index (Phi) is 5.83. The summed E-state index contributed by atoms with van der Waals surface area (Å²) in [6.07, 6.45) is -4.57. The molecule has 10 heteroatoms. The summed E-state index contributed by atoms with van der Waals surface area (Å²) in [6.45, 7) is 2.80. The van der Waals surface area contributed by atoms with E-state index in [1.165, 1.54) is 23.5 Å². The zero-order chi connectivity index (χ0) is 23.0. The third kappa shape index (κ3) is 4.15. The Morgan fingerprint density at radius 1 is 1.25 bits per heavy atom. The van der Waals surface area contributed by atoms with Crippen LogP contribution < -0.4 is 10.1 Å². The highest BCUT2D eigenvalue weighted by Gasteiger charge is 2.31. The second-order valence-electron chi connectivity index (χ2n) is 7.27. The van der Waals surface area contributed by atoms with Gasteiger partial charge in [-0.1, -0.05) is 6.07 Å². The predicted molar refractivity (Wildman–Crippen MR) is 114 cm³/mol. The number of anilines is 1. The number of benzene rings is 2. The number of ether oxygens (including phenoxy) is 2. The van der Waals surface area contributed by atoms with Crippen LogP contribution >= 0.6 is 11.3 Å². The Bertz CT molecular complexity index is 1210. The third-order valence-corrected chi connectivity index (χ3v) is 6.13. The van der Waals surface area contributed by atoms with Crippen molar-refractivity contribution in [1.82, 2.24) is 4.90 Å². The van der Waals surface area contributed by atoms with Gasteiger partial charge in [0.2, 0.25) is 0 Å². The van der Waals surface area contributed by atoms with Gasteiger partial charge in [-0.05, 0) is 44.3 Å². The summed E-state index contributed by atoms with van der Waals surface area (Å²) >= 11 is 1.17. The molecule has 0 bridgehead atoms. The molecule has 1 aliphatic heterocycles. The molecule has 1 N–H and O–H groups in total. The molecule has 3 aromatic rings. The van der Waals surface area contributed by atoms with Crippen LogP contribution in [0.3, 0.4) is 0 Å². The second-order valence-corrected chi connectivity index (χ2v) is 8.29. The van der Waals surface area contributed by atoms with E-state index in [4.69, 9.17) is 9.47 Å². The molecular weight excluding hydrogens is 445 g/mol. The Balaban J connectivity index is 1.78. The molecule has 1 aliphatic rings.